The van der Waals surface area contributed by atoms with E-state index in [-0.39, 0.29) is 0 Å². The topological polar surface area (TPSA) is 29.5 Å². The normalized spacial score (nSPS) is 12.3. The zero-order chi connectivity index (χ0) is 14.0. The third-order valence-corrected chi connectivity index (χ3v) is 3.41. The molecule has 0 spiro atoms. The minimum absolute atomic E-state index is 0.507. The van der Waals surface area contributed by atoms with Gasteiger partial charge < -0.3 is 9.84 Å². The van der Waals surface area contributed by atoms with Gasteiger partial charge in [-0.15, -0.1) is 0 Å². The van der Waals surface area contributed by atoms with Crippen LogP contribution < -0.4 is 4.74 Å². The van der Waals surface area contributed by atoms with Gasteiger partial charge >= 0.3 is 0 Å². The molecule has 0 aromatic heterocycles. The van der Waals surface area contributed by atoms with Crippen molar-refractivity contribution in [3.05, 3.63) is 63.1 Å². The van der Waals surface area contributed by atoms with Crippen LogP contribution >= 0.6 is 23.2 Å². The summed E-state index contributed by atoms with van der Waals surface area (Å²) in [6.07, 6.45) is -0.762. The fourth-order valence-electron chi connectivity index (χ4n) is 1.99. The highest BCUT2D eigenvalue weighted by atomic mass is 35.5. The summed E-state index contributed by atoms with van der Waals surface area (Å²) in [4.78, 5) is 0. The fourth-order valence-corrected chi connectivity index (χ4v) is 2.54. The summed E-state index contributed by atoms with van der Waals surface area (Å²) in [6, 6.07) is 10.6. The highest BCUT2D eigenvalue weighted by Gasteiger charge is 2.14. The summed E-state index contributed by atoms with van der Waals surface area (Å²) >= 11 is 11.9. The molecule has 0 saturated carbocycles. The molecule has 0 amide bonds. The molecule has 100 valence electrons. The van der Waals surface area contributed by atoms with E-state index in [1.54, 1.807) is 25.3 Å². The molecule has 0 aliphatic heterocycles. The predicted octanol–water partition coefficient (Wildman–Crippen LogP) is 4.39. The Bertz CT molecular complexity index is 576. The molecule has 2 rings (SSSR count). The number of hydrogen-bond donors (Lipinski definition) is 1. The number of halogens is 2. The summed E-state index contributed by atoms with van der Waals surface area (Å²) in [6.45, 7) is 1.92. The molecule has 2 aromatic carbocycles. The van der Waals surface area contributed by atoms with E-state index in [0.717, 1.165) is 16.9 Å². The van der Waals surface area contributed by atoms with Crippen LogP contribution in [0.1, 0.15) is 22.8 Å². The molecule has 0 fully saturated rings. The molecular weight excluding hydrogens is 283 g/mol. The van der Waals surface area contributed by atoms with E-state index < -0.39 is 6.10 Å². The number of aliphatic hydroxyl groups is 1. The summed E-state index contributed by atoms with van der Waals surface area (Å²) < 4.78 is 5.15. The standard InChI is InChI=1S/C15H14Cl2O2/c1-9-5-13(19-2)3-4-14(9)15(18)10-6-11(16)8-12(17)7-10/h3-8,15,18H,1-2H3. The van der Waals surface area contributed by atoms with Crippen molar-refractivity contribution in [2.24, 2.45) is 0 Å². The lowest BCUT2D eigenvalue weighted by Gasteiger charge is -2.15. The maximum atomic E-state index is 10.4. The minimum atomic E-state index is -0.762. The van der Waals surface area contributed by atoms with E-state index in [1.165, 1.54) is 0 Å². The number of aliphatic hydroxyl groups excluding tert-OH is 1. The largest absolute Gasteiger partial charge is 0.497 e. The third kappa shape index (κ3) is 3.21. The average molecular weight is 297 g/mol. The van der Waals surface area contributed by atoms with E-state index in [1.807, 2.05) is 25.1 Å². The zero-order valence-electron chi connectivity index (χ0n) is 10.7. The average Bonchev–Trinajstić information content (AvgIpc) is 2.36. The van der Waals surface area contributed by atoms with Crippen LogP contribution in [0.5, 0.6) is 5.75 Å². The molecule has 4 heteroatoms. The Kier molecular flexibility index (Phi) is 4.35. The van der Waals surface area contributed by atoms with Crippen LogP contribution in [0.3, 0.4) is 0 Å². The molecule has 0 radical (unpaired) electrons. The van der Waals surface area contributed by atoms with Gasteiger partial charge in [-0.25, -0.2) is 0 Å². The lowest BCUT2D eigenvalue weighted by molar-refractivity contribution is 0.219. The number of methoxy groups -OCH3 is 1. The molecule has 1 N–H and O–H groups in total. The Balaban J connectivity index is 2.40. The Morgan fingerprint density at radius 3 is 2.21 bits per heavy atom. The van der Waals surface area contributed by atoms with Crippen LogP contribution in [0.25, 0.3) is 0 Å². The second-order valence-electron chi connectivity index (χ2n) is 4.33. The van der Waals surface area contributed by atoms with Crippen LogP contribution in [-0.2, 0) is 0 Å². The first-order chi connectivity index (χ1) is 9.01. The Hall–Kier alpha value is -1.22. The van der Waals surface area contributed by atoms with Gasteiger partial charge in [0, 0.05) is 10.0 Å². The SMILES string of the molecule is COc1ccc(C(O)c2cc(Cl)cc(Cl)c2)c(C)c1. The Morgan fingerprint density at radius 2 is 1.68 bits per heavy atom. The van der Waals surface area contributed by atoms with Gasteiger partial charge in [-0.05, 0) is 53.9 Å². The Morgan fingerprint density at radius 1 is 1.05 bits per heavy atom. The maximum Gasteiger partial charge on any atom is 0.119 e. The van der Waals surface area contributed by atoms with Gasteiger partial charge in [0.15, 0.2) is 0 Å². The molecule has 0 bridgehead atoms. The van der Waals surface area contributed by atoms with Gasteiger partial charge in [0.2, 0.25) is 0 Å². The van der Waals surface area contributed by atoms with Crippen LogP contribution in [0, 0.1) is 6.92 Å². The smallest absolute Gasteiger partial charge is 0.119 e. The van der Waals surface area contributed by atoms with Crippen LogP contribution in [0.2, 0.25) is 10.0 Å². The van der Waals surface area contributed by atoms with Crippen molar-refractivity contribution in [1.29, 1.82) is 0 Å². The van der Waals surface area contributed by atoms with Gasteiger partial charge in [0.25, 0.3) is 0 Å². The first-order valence-electron chi connectivity index (χ1n) is 5.80. The number of aryl methyl sites for hydroxylation is 1. The number of benzene rings is 2. The van der Waals surface area contributed by atoms with E-state index in [9.17, 15) is 5.11 Å². The van der Waals surface area contributed by atoms with Gasteiger partial charge in [-0.3, -0.25) is 0 Å². The lowest BCUT2D eigenvalue weighted by atomic mass is 9.97. The van der Waals surface area contributed by atoms with E-state index in [2.05, 4.69) is 0 Å². The minimum Gasteiger partial charge on any atom is -0.497 e. The van der Waals surface area contributed by atoms with E-state index in [4.69, 9.17) is 27.9 Å². The van der Waals surface area contributed by atoms with Gasteiger partial charge in [0.1, 0.15) is 11.9 Å². The summed E-state index contributed by atoms with van der Waals surface area (Å²) in [7, 11) is 1.61. The first-order valence-corrected chi connectivity index (χ1v) is 6.55. The molecular formula is C15H14Cl2O2. The number of rotatable bonds is 3. The second-order valence-corrected chi connectivity index (χ2v) is 5.20. The molecule has 0 aliphatic rings. The third-order valence-electron chi connectivity index (χ3n) is 2.97. The molecule has 0 aliphatic carbocycles. The van der Waals surface area contributed by atoms with Gasteiger partial charge in [-0.1, -0.05) is 29.3 Å². The zero-order valence-corrected chi connectivity index (χ0v) is 12.2. The van der Waals surface area contributed by atoms with Crippen molar-refractivity contribution in [3.8, 4) is 5.75 Å². The number of ether oxygens (including phenoxy) is 1. The highest BCUT2D eigenvalue weighted by molar-refractivity contribution is 6.34. The summed E-state index contributed by atoms with van der Waals surface area (Å²) in [5.41, 5.74) is 2.42. The van der Waals surface area contributed by atoms with E-state index in [0.29, 0.717) is 15.6 Å². The first kappa shape index (κ1) is 14.2. The van der Waals surface area contributed by atoms with Gasteiger partial charge in [-0.2, -0.15) is 0 Å². The fraction of sp³-hybridized carbons (Fsp3) is 0.200. The van der Waals surface area contributed by atoms with Crippen molar-refractivity contribution in [2.45, 2.75) is 13.0 Å². The summed E-state index contributed by atoms with van der Waals surface area (Å²) in [5.74, 6) is 0.762. The molecule has 1 atom stereocenters. The lowest BCUT2D eigenvalue weighted by Crippen LogP contribution is -2.02. The molecule has 0 heterocycles. The van der Waals surface area contributed by atoms with Gasteiger partial charge in [0.05, 0.1) is 7.11 Å². The van der Waals surface area contributed by atoms with Crippen LogP contribution in [-0.4, -0.2) is 12.2 Å². The van der Waals surface area contributed by atoms with Crippen molar-refractivity contribution in [2.75, 3.05) is 7.11 Å². The summed E-state index contributed by atoms with van der Waals surface area (Å²) in [5, 5.41) is 11.4. The van der Waals surface area contributed by atoms with Crippen molar-refractivity contribution in [1.82, 2.24) is 0 Å². The van der Waals surface area contributed by atoms with E-state index >= 15 is 0 Å². The second kappa shape index (κ2) is 5.83. The van der Waals surface area contributed by atoms with Crippen molar-refractivity contribution in [3.63, 3.8) is 0 Å². The van der Waals surface area contributed by atoms with Crippen LogP contribution in [0.15, 0.2) is 36.4 Å². The molecule has 2 aromatic rings. The maximum absolute atomic E-state index is 10.4. The van der Waals surface area contributed by atoms with Crippen molar-refractivity contribution >= 4 is 23.2 Å². The molecule has 2 nitrogen and oxygen atoms in total. The van der Waals surface area contributed by atoms with Crippen molar-refractivity contribution < 1.29 is 9.84 Å². The predicted molar refractivity (Wildman–Crippen MR) is 78.3 cm³/mol. The monoisotopic (exact) mass is 296 g/mol. The number of hydrogen-bond acceptors (Lipinski definition) is 2. The molecule has 19 heavy (non-hydrogen) atoms. The Labute approximate surface area is 122 Å². The quantitative estimate of drug-likeness (QED) is 0.910. The van der Waals surface area contributed by atoms with Crippen LogP contribution in [0.4, 0.5) is 0 Å². The highest BCUT2D eigenvalue weighted by Crippen LogP contribution is 2.30. The molecule has 0 saturated heterocycles. The molecule has 1 unspecified atom stereocenters.